The molecule has 1 heterocycles. The predicted octanol–water partition coefficient (Wildman–Crippen LogP) is 1.22. The van der Waals surface area contributed by atoms with Crippen LogP contribution in [0.1, 0.15) is 26.7 Å². The van der Waals surface area contributed by atoms with Gasteiger partial charge in [-0.2, -0.15) is 0 Å². The minimum absolute atomic E-state index is 0.0631. The number of hydrogen-bond donors (Lipinski definition) is 2. The normalized spacial score (nSPS) is 26.7. The van der Waals surface area contributed by atoms with Crippen LogP contribution in [0.15, 0.2) is 12.7 Å². The Kier molecular flexibility index (Phi) is 3.86. The zero-order chi connectivity index (χ0) is 12.3. The van der Waals surface area contributed by atoms with Gasteiger partial charge in [0, 0.05) is 5.92 Å². The smallest absolute Gasteiger partial charge is 0.324 e. The topological polar surface area (TPSA) is 66.4 Å². The van der Waals surface area contributed by atoms with E-state index < -0.39 is 17.4 Å². The summed E-state index contributed by atoms with van der Waals surface area (Å²) in [7, 11) is 0. The number of rotatable bonds is 5. The maximum Gasteiger partial charge on any atom is 0.324 e. The lowest BCUT2D eigenvalue weighted by Gasteiger charge is -2.31. The lowest BCUT2D eigenvalue weighted by molar-refractivity contribution is -0.149. The van der Waals surface area contributed by atoms with Crippen molar-refractivity contribution in [3.05, 3.63) is 12.7 Å². The van der Waals surface area contributed by atoms with Crippen LogP contribution in [0.4, 0.5) is 0 Å². The molecule has 16 heavy (non-hydrogen) atoms. The highest BCUT2D eigenvalue weighted by Gasteiger charge is 2.49. The lowest BCUT2D eigenvalue weighted by Crippen LogP contribution is -2.56. The third-order valence-electron chi connectivity index (χ3n) is 3.21. The first-order chi connectivity index (χ1) is 7.45. The molecule has 90 valence electrons. The molecule has 0 spiro atoms. The zero-order valence-corrected chi connectivity index (χ0v) is 9.82. The fourth-order valence-electron chi connectivity index (χ4n) is 2.27. The summed E-state index contributed by atoms with van der Waals surface area (Å²) in [4.78, 5) is 23.4. The van der Waals surface area contributed by atoms with Crippen LogP contribution in [0.2, 0.25) is 0 Å². The predicted molar refractivity (Wildman–Crippen MR) is 61.1 cm³/mol. The number of aliphatic carboxylic acids is 1. The lowest BCUT2D eigenvalue weighted by atomic mass is 9.77. The number of carboxylic acid groups (broad SMARTS) is 1. The Morgan fingerprint density at radius 2 is 2.12 bits per heavy atom. The monoisotopic (exact) mass is 225 g/mol. The first kappa shape index (κ1) is 12.9. The molecule has 0 saturated carbocycles. The van der Waals surface area contributed by atoms with Gasteiger partial charge >= 0.3 is 5.97 Å². The number of hydrogen-bond acceptors (Lipinski definition) is 3. The Morgan fingerprint density at radius 3 is 2.44 bits per heavy atom. The van der Waals surface area contributed by atoms with Crippen molar-refractivity contribution in [3.8, 4) is 0 Å². The molecule has 0 aromatic heterocycles. The van der Waals surface area contributed by atoms with Crippen molar-refractivity contribution in [1.29, 1.82) is 0 Å². The number of Topliss-reactive ketones (excluding diaryl/α,β-unsaturated/α-hetero) is 1. The average molecular weight is 225 g/mol. The summed E-state index contributed by atoms with van der Waals surface area (Å²) < 4.78 is 0. The van der Waals surface area contributed by atoms with Gasteiger partial charge < -0.3 is 10.4 Å². The molecule has 0 bridgehead atoms. The number of carbonyl (C=O) groups is 2. The maximum absolute atomic E-state index is 12.0. The molecule has 0 aromatic rings. The Bertz CT molecular complexity index is 303. The van der Waals surface area contributed by atoms with Crippen molar-refractivity contribution < 1.29 is 14.7 Å². The Balaban J connectivity index is 3.04. The van der Waals surface area contributed by atoms with Crippen LogP contribution in [0.25, 0.3) is 0 Å². The third-order valence-corrected chi connectivity index (χ3v) is 3.21. The second-order valence-electron chi connectivity index (χ2n) is 4.58. The molecule has 1 saturated heterocycles. The van der Waals surface area contributed by atoms with E-state index in [1.807, 2.05) is 0 Å². The summed E-state index contributed by atoms with van der Waals surface area (Å²) in [6, 6.07) is 0. The van der Waals surface area contributed by atoms with E-state index in [-0.39, 0.29) is 11.7 Å². The molecule has 0 radical (unpaired) electrons. The maximum atomic E-state index is 12.0. The molecule has 0 aliphatic carbocycles. The number of nitrogens with one attached hydrogen (secondary N) is 1. The van der Waals surface area contributed by atoms with Gasteiger partial charge in [0.05, 0.1) is 5.92 Å². The molecule has 4 heteroatoms. The Morgan fingerprint density at radius 1 is 1.50 bits per heavy atom. The van der Waals surface area contributed by atoms with E-state index in [4.69, 9.17) is 0 Å². The van der Waals surface area contributed by atoms with Gasteiger partial charge in [-0.05, 0) is 19.4 Å². The van der Waals surface area contributed by atoms with Crippen molar-refractivity contribution >= 4 is 11.8 Å². The van der Waals surface area contributed by atoms with Gasteiger partial charge in [0.1, 0.15) is 11.3 Å². The van der Waals surface area contributed by atoms with Crippen LogP contribution in [0.5, 0.6) is 0 Å². The largest absolute Gasteiger partial charge is 0.480 e. The van der Waals surface area contributed by atoms with Crippen molar-refractivity contribution in [2.45, 2.75) is 32.2 Å². The van der Waals surface area contributed by atoms with Crippen LogP contribution in [-0.2, 0) is 9.59 Å². The van der Waals surface area contributed by atoms with Crippen molar-refractivity contribution in [3.63, 3.8) is 0 Å². The highest BCUT2D eigenvalue weighted by atomic mass is 16.4. The van der Waals surface area contributed by atoms with E-state index in [1.54, 1.807) is 13.8 Å². The SMILES string of the molecule is C=CC(C(=O)C(C)C)C1(C(=O)O)CCCN1. The zero-order valence-electron chi connectivity index (χ0n) is 9.82. The molecule has 0 amide bonds. The first-order valence-electron chi connectivity index (χ1n) is 5.60. The summed E-state index contributed by atoms with van der Waals surface area (Å²) >= 11 is 0. The molecule has 2 atom stereocenters. The summed E-state index contributed by atoms with van der Waals surface area (Å²) in [5.74, 6) is -1.84. The number of ketones is 1. The molecule has 2 N–H and O–H groups in total. The molecule has 2 unspecified atom stereocenters. The summed E-state index contributed by atoms with van der Waals surface area (Å²) in [6.45, 7) is 7.82. The molecule has 1 rings (SSSR count). The molecule has 1 fully saturated rings. The molecular weight excluding hydrogens is 206 g/mol. The van der Waals surface area contributed by atoms with E-state index in [0.29, 0.717) is 13.0 Å². The number of carbonyl (C=O) groups excluding carboxylic acids is 1. The summed E-state index contributed by atoms with van der Waals surface area (Å²) in [5, 5.41) is 12.3. The van der Waals surface area contributed by atoms with E-state index in [2.05, 4.69) is 11.9 Å². The fourth-order valence-corrected chi connectivity index (χ4v) is 2.27. The minimum Gasteiger partial charge on any atom is -0.480 e. The second kappa shape index (κ2) is 4.78. The van der Waals surface area contributed by atoms with Gasteiger partial charge in [-0.1, -0.05) is 19.9 Å². The molecule has 1 aliphatic rings. The number of carboxylic acids is 1. The first-order valence-corrected chi connectivity index (χ1v) is 5.60. The van der Waals surface area contributed by atoms with Crippen LogP contribution in [-0.4, -0.2) is 28.9 Å². The van der Waals surface area contributed by atoms with Gasteiger partial charge in [-0.15, -0.1) is 6.58 Å². The quantitative estimate of drug-likeness (QED) is 0.690. The fraction of sp³-hybridized carbons (Fsp3) is 0.667. The Labute approximate surface area is 95.7 Å². The standard InChI is InChI=1S/C12H19NO3/c1-4-9(10(14)8(2)3)12(11(15)16)6-5-7-13-12/h4,8-9,13H,1,5-7H2,2-3H3,(H,15,16). The van der Waals surface area contributed by atoms with Gasteiger partial charge in [0.2, 0.25) is 0 Å². The molecule has 0 aromatic carbocycles. The van der Waals surface area contributed by atoms with Crippen LogP contribution < -0.4 is 5.32 Å². The van der Waals surface area contributed by atoms with E-state index in [9.17, 15) is 14.7 Å². The van der Waals surface area contributed by atoms with Gasteiger partial charge in [0.15, 0.2) is 0 Å². The van der Waals surface area contributed by atoms with E-state index in [0.717, 1.165) is 6.42 Å². The van der Waals surface area contributed by atoms with Gasteiger partial charge in [0.25, 0.3) is 0 Å². The van der Waals surface area contributed by atoms with E-state index >= 15 is 0 Å². The van der Waals surface area contributed by atoms with Crippen LogP contribution in [0, 0.1) is 11.8 Å². The average Bonchev–Trinajstić information content (AvgIpc) is 2.68. The molecule has 1 aliphatic heterocycles. The van der Waals surface area contributed by atoms with Crippen LogP contribution in [0.3, 0.4) is 0 Å². The minimum atomic E-state index is -1.14. The summed E-state index contributed by atoms with van der Waals surface area (Å²) in [5.41, 5.74) is -1.14. The second-order valence-corrected chi connectivity index (χ2v) is 4.58. The summed E-state index contributed by atoms with van der Waals surface area (Å²) in [6.07, 6.45) is 2.73. The highest BCUT2D eigenvalue weighted by Crippen LogP contribution is 2.31. The Hall–Kier alpha value is -1.16. The third kappa shape index (κ3) is 2.02. The molecule has 4 nitrogen and oxygen atoms in total. The van der Waals surface area contributed by atoms with Crippen molar-refractivity contribution in [2.24, 2.45) is 11.8 Å². The van der Waals surface area contributed by atoms with Crippen molar-refractivity contribution in [2.75, 3.05) is 6.54 Å². The van der Waals surface area contributed by atoms with Crippen LogP contribution >= 0.6 is 0 Å². The highest BCUT2D eigenvalue weighted by molar-refractivity contribution is 5.93. The van der Waals surface area contributed by atoms with Crippen molar-refractivity contribution in [1.82, 2.24) is 5.32 Å². The van der Waals surface area contributed by atoms with Gasteiger partial charge in [-0.25, -0.2) is 0 Å². The van der Waals surface area contributed by atoms with E-state index in [1.165, 1.54) is 6.08 Å². The molecular formula is C12H19NO3. The van der Waals surface area contributed by atoms with Gasteiger partial charge in [-0.3, -0.25) is 9.59 Å².